The minimum atomic E-state index is -0.122. The van der Waals surface area contributed by atoms with E-state index < -0.39 is 0 Å². The minimum Gasteiger partial charge on any atom is -0.491 e. The van der Waals surface area contributed by atoms with Crippen LogP contribution >= 0.6 is 0 Å². The number of fused-ring (bicyclic) bond motifs is 1. The average Bonchev–Trinajstić information content (AvgIpc) is 3.96. The second kappa shape index (κ2) is 16.7. The van der Waals surface area contributed by atoms with Crippen molar-refractivity contribution in [2.45, 2.75) is 70.2 Å². The first-order valence-electron chi connectivity index (χ1n) is 15.7. The van der Waals surface area contributed by atoms with Crippen molar-refractivity contribution in [3.63, 3.8) is 0 Å². The molecule has 3 aliphatic rings. The molecule has 3 heterocycles. The number of carbonyl (C=O) groups excluding carboxylic acids is 1. The highest BCUT2D eigenvalue weighted by atomic mass is 16.6. The highest BCUT2D eigenvalue weighted by Crippen LogP contribution is 2.33. The molecule has 0 amide bonds. The van der Waals surface area contributed by atoms with Crippen molar-refractivity contribution in [3.05, 3.63) is 89.5 Å². The third-order valence-corrected chi connectivity index (χ3v) is 7.38. The fourth-order valence-corrected chi connectivity index (χ4v) is 4.47. The normalized spacial score (nSPS) is 19.3. The molecule has 9 nitrogen and oxygen atoms in total. The Labute approximate surface area is 267 Å². The number of esters is 1. The molecule has 6 rings (SSSR count). The number of rotatable bonds is 12. The Hall–Kier alpha value is -3.47. The summed E-state index contributed by atoms with van der Waals surface area (Å²) in [5.74, 6) is 2.38. The molecule has 0 radical (unpaired) electrons. The van der Waals surface area contributed by atoms with E-state index in [0.29, 0.717) is 32.8 Å². The van der Waals surface area contributed by atoms with Crippen LogP contribution < -0.4 is 25.7 Å². The summed E-state index contributed by atoms with van der Waals surface area (Å²) in [5.41, 5.74) is 14.4. The number of nitrogens with two attached hydrogens (primary N) is 2. The van der Waals surface area contributed by atoms with E-state index in [1.54, 1.807) is 0 Å². The molecule has 0 bridgehead atoms. The standard InChI is InChI=1S/C21H24O4.C9H8O2.C6H16N2O/c1-21(2,15-3-7-17(8-4-15)22-11-19-13-24-19)16-5-9-18(10-6-16)23-12-20-14-25-20;10-9-6-5-7-3-1-2-4-8(7)11-9;1-5(7)3-9-4-6(2)8/h3-10,19-20H,11-14H2,1-2H3;1-4H,5-6H2;5-6H,3-4,7-8H2,1-2H3. The van der Waals surface area contributed by atoms with Gasteiger partial charge in [-0.15, -0.1) is 0 Å². The molecular weight excluding hydrogens is 572 g/mol. The number of ether oxygens (including phenoxy) is 6. The van der Waals surface area contributed by atoms with Crippen LogP contribution in [0.4, 0.5) is 0 Å². The largest absolute Gasteiger partial charge is 0.491 e. The lowest BCUT2D eigenvalue weighted by Crippen LogP contribution is -2.27. The fourth-order valence-electron chi connectivity index (χ4n) is 4.47. The van der Waals surface area contributed by atoms with E-state index in [9.17, 15) is 4.79 Å². The van der Waals surface area contributed by atoms with Crippen LogP contribution in [0.25, 0.3) is 0 Å². The Balaban J connectivity index is 0.000000190. The molecule has 0 aliphatic carbocycles. The molecule has 0 spiro atoms. The third-order valence-electron chi connectivity index (χ3n) is 7.38. The summed E-state index contributed by atoms with van der Waals surface area (Å²) in [6.07, 6.45) is 1.89. The zero-order valence-electron chi connectivity index (χ0n) is 26.9. The molecule has 3 aromatic rings. The van der Waals surface area contributed by atoms with Crippen molar-refractivity contribution in [1.29, 1.82) is 0 Å². The van der Waals surface area contributed by atoms with Crippen LogP contribution in [0.1, 0.15) is 50.8 Å². The summed E-state index contributed by atoms with van der Waals surface area (Å²) in [5, 5.41) is 0. The van der Waals surface area contributed by atoms with Crippen LogP contribution in [-0.4, -0.2) is 69.9 Å². The molecule has 45 heavy (non-hydrogen) atoms. The quantitative estimate of drug-likeness (QED) is 0.166. The Morgan fingerprint density at radius 3 is 1.67 bits per heavy atom. The van der Waals surface area contributed by atoms with Crippen LogP contribution in [-0.2, 0) is 30.8 Å². The van der Waals surface area contributed by atoms with Crippen LogP contribution in [0.15, 0.2) is 72.8 Å². The van der Waals surface area contributed by atoms with Gasteiger partial charge in [-0.25, -0.2) is 0 Å². The van der Waals surface area contributed by atoms with E-state index in [4.69, 9.17) is 39.9 Å². The van der Waals surface area contributed by atoms with Gasteiger partial charge < -0.3 is 39.9 Å². The van der Waals surface area contributed by atoms with Crippen LogP contribution in [0, 0.1) is 0 Å². The first kappa shape index (κ1) is 34.4. The predicted molar refractivity (Wildman–Crippen MR) is 174 cm³/mol. The van der Waals surface area contributed by atoms with Crippen molar-refractivity contribution >= 4 is 5.97 Å². The fraction of sp³-hybridized carbons (Fsp3) is 0.472. The molecule has 3 aromatic carbocycles. The van der Waals surface area contributed by atoms with Gasteiger partial charge in [0.25, 0.3) is 0 Å². The van der Waals surface area contributed by atoms with Crippen molar-refractivity contribution in [3.8, 4) is 17.2 Å². The third kappa shape index (κ3) is 12.1. The Morgan fingerprint density at radius 2 is 1.22 bits per heavy atom. The monoisotopic (exact) mass is 620 g/mol. The predicted octanol–water partition coefficient (Wildman–Crippen LogP) is 4.80. The molecule has 0 saturated carbocycles. The van der Waals surface area contributed by atoms with Gasteiger partial charge in [0.2, 0.25) is 0 Å². The summed E-state index contributed by atoms with van der Waals surface area (Å²) in [7, 11) is 0. The Bertz CT molecular complexity index is 1250. The van der Waals surface area contributed by atoms with E-state index >= 15 is 0 Å². The summed E-state index contributed by atoms with van der Waals surface area (Å²) < 4.78 is 31.9. The van der Waals surface area contributed by atoms with Gasteiger partial charge in [0.15, 0.2) is 0 Å². The first-order chi connectivity index (χ1) is 21.6. The second-order valence-corrected chi connectivity index (χ2v) is 12.3. The lowest BCUT2D eigenvalue weighted by molar-refractivity contribution is -0.135. The number of aryl methyl sites for hydroxylation is 1. The van der Waals surface area contributed by atoms with Gasteiger partial charge in [0, 0.05) is 17.5 Å². The van der Waals surface area contributed by atoms with Crippen LogP contribution in [0.5, 0.6) is 17.2 Å². The SMILES string of the molecule is CC(C)(c1ccc(OCC2CO2)cc1)c1ccc(OCC2CO2)cc1.CC(N)COCC(C)N.O=C1CCc2ccccc2O1. The molecule has 4 N–H and O–H groups in total. The molecule has 9 heteroatoms. The van der Waals surface area contributed by atoms with E-state index in [1.165, 1.54) is 11.1 Å². The topological polar surface area (TPSA) is 131 Å². The molecule has 3 aliphatic heterocycles. The van der Waals surface area contributed by atoms with Gasteiger partial charge in [-0.05, 0) is 67.3 Å². The molecule has 0 aromatic heterocycles. The lowest BCUT2D eigenvalue weighted by Gasteiger charge is -2.26. The summed E-state index contributed by atoms with van der Waals surface area (Å²) >= 11 is 0. The molecule has 244 valence electrons. The van der Waals surface area contributed by atoms with Gasteiger partial charge >= 0.3 is 5.97 Å². The number of hydrogen-bond donors (Lipinski definition) is 2. The molecule has 4 unspecified atom stereocenters. The van der Waals surface area contributed by atoms with E-state index in [0.717, 1.165) is 42.4 Å². The van der Waals surface area contributed by atoms with E-state index in [-0.39, 0.29) is 35.7 Å². The number of para-hydroxylation sites is 1. The highest BCUT2D eigenvalue weighted by molar-refractivity contribution is 5.75. The minimum absolute atomic E-state index is 0.0870. The average molecular weight is 621 g/mol. The Morgan fingerprint density at radius 1 is 0.756 bits per heavy atom. The van der Waals surface area contributed by atoms with Crippen molar-refractivity contribution < 1.29 is 33.2 Å². The van der Waals surface area contributed by atoms with Crippen molar-refractivity contribution in [1.82, 2.24) is 0 Å². The zero-order valence-corrected chi connectivity index (χ0v) is 26.9. The number of epoxide rings is 2. The van der Waals surface area contributed by atoms with Gasteiger partial charge in [-0.2, -0.15) is 0 Å². The van der Waals surface area contributed by atoms with Crippen molar-refractivity contribution in [2.24, 2.45) is 11.5 Å². The van der Waals surface area contributed by atoms with E-state index in [1.807, 2.05) is 62.4 Å². The smallest absolute Gasteiger partial charge is 0.311 e. The first-order valence-corrected chi connectivity index (χ1v) is 15.7. The summed E-state index contributed by atoms with van der Waals surface area (Å²) in [6, 6.07) is 24.6. The van der Waals surface area contributed by atoms with Gasteiger partial charge in [-0.3, -0.25) is 4.79 Å². The molecule has 2 saturated heterocycles. The number of hydrogen-bond acceptors (Lipinski definition) is 9. The van der Waals surface area contributed by atoms with Gasteiger partial charge in [0.1, 0.15) is 42.7 Å². The van der Waals surface area contributed by atoms with Crippen LogP contribution in [0.2, 0.25) is 0 Å². The second-order valence-electron chi connectivity index (χ2n) is 12.3. The summed E-state index contributed by atoms with van der Waals surface area (Å²) in [4.78, 5) is 10.8. The van der Waals surface area contributed by atoms with Crippen LogP contribution in [0.3, 0.4) is 0 Å². The Kier molecular flexibility index (Phi) is 12.8. The van der Waals surface area contributed by atoms with Gasteiger partial charge in [-0.1, -0.05) is 56.3 Å². The summed E-state index contributed by atoms with van der Waals surface area (Å²) in [6.45, 7) is 12.4. The van der Waals surface area contributed by atoms with Gasteiger partial charge in [0.05, 0.1) is 32.8 Å². The lowest BCUT2D eigenvalue weighted by atomic mass is 9.78. The maximum atomic E-state index is 10.8. The van der Waals surface area contributed by atoms with Crippen molar-refractivity contribution in [2.75, 3.05) is 39.6 Å². The molecule has 4 atom stereocenters. The molecule has 2 fully saturated rings. The molecular formula is C36H48N2O7. The highest BCUT2D eigenvalue weighted by Gasteiger charge is 2.26. The maximum Gasteiger partial charge on any atom is 0.311 e. The maximum absolute atomic E-state index is 10.8. The zero-order chi connectivity index (χ0) is 32.2. The number of benzene rings is 3. The number of carbonyl (C=O) groups is 1. The van der Waals surface area contributed by atoms with E-state index in [2.05, 4.69) is 38.1 Å².